The summed E-state index contributed by atoms with van der Waals surface area (Å²) in [4.78, 5) is 0. The Kier molecular flexibility index (Phi) is 21.2. The van der Waals surface area contributed by atoms with Crippen LogP contribution in [0, 0.1) is 13.8 Å². The lowest BCUT2D eigenvalue weighted by Crippen LogP contribution is -1.94. The van der Waals surface area contributed by atoms with E-state index in [1.807, 2.05) is 24.3 Å². The maximum Gasteiger partial charge on any atom is 0.127 e. The molecule has 0 fully saturated rings. The Morgan fingerprint density at radius 1 is 0.254 bits per heavy atom. The highest BCUT2D eigenvalue weighted by molar-refractivity contribution is 5.71. The topological polar surface area (TPSA) is 9.23 Å². The molecule has 0 saturated heterocycles. The first-order chi connectivity index (χ1) is 29.7. The van der Waals surface area contributed by atoms with Crippen molar-refractivity contribution < 1.29 is 4.74 Å². The smallest absolute Gasteiger partial charge is 0.127 e. The van der Waals surface area contributed by atoms with Crippen LogP contribution in [0.3, 0.4) is 0 Å². The van der Waals surface area contributed by atoms with Crippen LogP contribution in [-0.2, 0) is 0 Å². The summed E-state index contributed by atoms with van der Waals surface area (Å²) in [6, 6.07) is 48.2. The fourth-order valence-electron chi connectivity index (χ4n) is 7.22. The van der Waals surface area contributed by atoms with E-state index in [9.17, 15) is 0 Å². The van der Waals surface area contributed by atoms with Crippen molar-refractivity contribution in [2.45, 2.75) is 172 Å². The lowest BCUT2D eigenvalue weighted by Gasteiger charge is -2.15. The zero-order valence-corrected chi connectivity index (χ0v) is 42.7. The van der Waals surface area contributed by atoms with E-state index in [1.165, 1.54) is 66.8 Å². The van der Waals surface area contributed by atoms with Crippen LogP contribution in [0.15, 0.2) is 133 Å². The van der Waals surface area contributed by atoms with Gasteiger partial charge in [-0.1, -0.05) is 220 Å². The average Bonchev–Trinajstić information content (AvgIpc) is 3.24. The van der Waals surface area contributed by atoms with Gasteiger partial charge in [0.2, 0.25) is 0 Å². The van der Waals surface area contributed by atoms with E-state index in [0.717, 1.165) is 11.5 Å². The van der Waals surface area contributed by atoms with Gasteiger partial charge in [-0.25, -0.2) is 0 Å². The molecule has 0 unspecified atom stereocenters. The minimum Gasteiger partial charge on any atom is -0.457 e. The van der Waals surface area contributed by atoms with E-state index in [-0.39, 0.29) is 0 Å². The monoisotopic (exact) mass is 845 g/mol. The number of hydrogen-bond donors (Lipinski definition) is 0. The molecule has 0 aromatic heterocycles. The van der Waals surface area contributed by atoms with Crippen LogP contribution in [0.5, 0.6) is 11.5 Å². The molecule has 6 rings (SSSR count). The molecule has 1 nitrogen and oxygen atoms in total. The second-order valence-electron chi connectivity index (χ2n) is 20.0. The number of aryl methyl sites for hydroxylation is 2. The van der Waals surface area contributed by atoms with E-state index in [4.69, 9.17) is 4.74 Å². The molecule has 0 radical (unpaired) electrons. The van der Waals surface area contributed by atoms with Crippen LogP contribution >= 0.6 is 0 Å². The summed E-state index contributed by atoms with van der Waals surface area (Å²) >= 11 is 0. The van der Waals surface area contributed by atoms with Crippen LogP contribution in [0.4, 0.5) is 0 Å². The maximum absolute atomic E-state index is 5.85. The molecular formula is C62H84O. The van der Waals surface area contributed by atoms with Crippen molar-refractivity contribution in [3.63, 3.8) is 0 Å². The van der Waals surface area contributed by atoms with Gasteiger partial charge in [0.15, 0.2) is 0 Å². The average molecular weight is 845 g/mol. The van der Waals surface area contributed by atoms with E-state index >= 15 is 0 Å². The molecule has 6 aromatic rings. The molecule has 0 bridgehead atoms. The molecule has 6 aromatic carbocycles. The zero-order chi connectivity index (χ0) is 47.0. The predicted octanol–water partition coefficient (Wildman–Crippen LogP) is 19.8. The predicted molar refractivity (Wildman–Crippen MR) is 280 cm³/mol. The normalized spacial score (nSPS) is 11.2. The molecule has 0 spiro atoms. The minimum atomic E-state index is 0.555. The molecular weight excluding hydrogens is 761 g/mol. The molecule has 0 atom stereocenters. The van der Waals surface area contributed by atoms with E-state index in [1.54, 1.807) is 0 Å². The molecule has 0 N–H and O–H groups in total. The van der Waals surface area contributed by atoms with Gasteiger partial charge < -0.3 is 4.74 Å². The summed E-state index contributed by atoms with van der Waals surface area (Å²) in [5.74, 6) is 6.64. The largest absolute Gasteiger partial charge is 0.457 e. The first-order valence-electron chi connectivity index (χ1n) is 24.0. The van der Waals surface area contributed by atoms with Gasteiger partial charge >= 0.3 is 0 Å². The van der Waals surface area contributed by atoms with Crippen LogP contribution in [0.25, 0.3) is 11.1 Å². The highest BCUT2D eigenvalue weighted by atomic mass is 16.5. The Morgan fingerprint density at radius 3 is 0.714 bits per heavy atom. The van der Waals surface area contributed by atoms with Crippen molar-refractivity contribution in [2.75, 3.05) is 0 Å². The van der Waals surface area contributed by atoms with Gasteiger partial charge in [0.1, 0.15) is 11.5 Å². The van der Waals surface area contributed by atoms with Gasteiger partial charge in [-0.05, 0) is 152 Å². The molecule has 0 amide bonds. The van der Waals surface area contributed by atoms with Gasteiger partial charge in [-0.3, -0.25) is 0 Å². The first-order valence-corrected chi connectivity index (χ1v) is 24.0. The third-order valence-electron chi connectivity index (χ3n) is 12.0. The summed E-state index contributed by atoms with van der Waals surface area (Å²) in [5, 5.41) is 0. The van der Waals surface area contributed by atoms with Crippen LogP contribution < -0.4 is 4.74 Å². The van der Waals surface area contributed by atoms with Crippen molar-refractivity contribution in [3.8, 4) is 22.6 Å². The summed E-state index contributed by atoms with van der Waals surface area (Å²) in [6.45, 7) is 40.1. The number of benzene rings is 6. The fraction of sp³-hybridized carbons (Fsp3) is 0.419. The lowest BCUT2D eigenvalue weighted by atomic mass is 9.90. The van der Waals surface area contributed by atoms with Gasteiger partial charge in [0, 0.05) is 0 Å². The van der Waals surface area contributed by atoms with Gasteiger partial charge in [0.25, 0.3) is 0 Å². The quantitative estimate of drug-likeness (QED) is 0.126. The van der Waals surface area contributed by atoms with Crippen molar-refractivity contribution in [3.05, 3.63) is 189 Å². The highest BCUT2D eigenvalue weighted by Gasteiger charge is 2.10. The summed E-state index contributed by atoms with van der Waals surface area (Å²) in [5.41, 5.74) is 16.7. The Labute approximate surface area is 386 Å². The molecule has 63 heavy (non-hydrogen) atoms. The minimum absolute atomic E-state index is 0.555. The molecule has 0 aliphatic rings. The molecule has 0 saturated carbocycles. The maximum atomic E-state index is 5.85. The number of hydrogen-bond acceptors (Lipinski definition) is 1. The van der Waals surface area contributed by atoms with Crippen LogP contribution in [0.1, 0.15) is 214 Å². The molecule has 0 aliphatic carbocycles. The SMILES string of the molecule is CC(C)c1ccc(C(C)C)cc1.CC(C)c1ccc(Oc2ccc(C(C)C)cc2)cc1.CC(C)c1cccc(C(C)C)c1.Cc1cc(C(C)C)ccc1-c1ccc(C(C)C)cc1C. The first kappa shape index (κ1) is 52.5. The van der Waals surface area contributed by atoms with Crippen LogP contribution in [-0.4, -0.2) is 0 Å². The lowest BCUT2D eigenvalue weighted by molar-refractivity contribution is 0.482. The van der Waals surface area contributed by atoms with E-state index in [2.05, 4.69) is 234 Å². The summed E-state index contributed by atoms with van der Waals surface area (Å²) < 4.78 is 5.85. The van der Waals surface area contributed by atoms with E-state index in [0.29, 0.717) is 47.3 Å². The number of ether oxygens (including phenoxy) is 1. The Balaban J connectivity index is 0.000000230. The third-order valence-corrected chi connectivity index (χ3v) is 12.0. The number of rotatable bonds is 11. The van der Waals surface area contributed by atoms with Crippen LogP contribution in [0.2, 0.25) is 0 Å². The Bertz CT molecular complexity index is 2050. The molecule has 0 aliphatic heterocycles. The zero-order valence-electron chi connectivity index (χ0n) is 42.7. The Hall–Kier alpha value is -4.88. The Morgan fingerprint density at radius 2 is 0.476 bits per heavy atom. The second kappa shape index (κ2) is 25.4. The van der Waals surface area contributed by atoms with E-state index < -0.39 is 0 Å². The fourth-order valence-corrected chi connectivity index (χ4v) is 7.22. The summed E-state index contributed by atoms with van der Waals surface area (Å²) in [6.07, 6.45) is 0. The summed E-state index contributed by atoms with van der Waals surface area (Å²) in [7, 11) is 0. The molecule has 338 valence electrons. The molecule has 0 heterocycles. The van der Waals surface area contributed by atoms with Crippen molar-refractivity contribution in [1.29, 1.82) is 0 Å². The molecule has 1 heteroatoms. The second-order valence-corrected chi connectivity index (χ2v) is 20.0. The van der Waals surface area contributed by atoms with Crippen molar-refractivity contribution in [2.24, 2.45) is 0 Å². The van der Waals surface area contributed by atoms with Gasteiger partial charge in [0.05, 0.1) is 0 Å². The van der Waals surface area contributed by atoms with Gasteiger partial charge in [-0.2, -0.15) is 0 Å². The van der Waals surface area contributed by atoms with Crippen molar-refractivity contribution in [1.82, 2.24) is 0 Å². The standard InChI is InChI=1S/C20H26.C18H22O.2C12H18/c1-13(2)17-7-9-19(15(5)11-17)20-10-8-18(14(3)4)12-16(20)6;1-13(2)15-5-9-17(10-6-15)19-18-11-7-16(8-12-18)14(3)4;1-9(2)11-5-7-12(8-6-11)10(3)4;1-9(2)11-6-5-7-12(8-11)10(3)4/h7-14H,1-6H3;5-14H,1-4H3;2*5-10H,1-4H3. The van der Waals surface area contributed by atoms with Gasteiger partial charge in [-0.15, -0.1) is 0 Å². The highest BCUT2D eigenvalue weighted by Crippen LogP contribution is 2.31. The third kappa shape index (κ3) is 17.0. The van der Waals surface area contributed by atoms with Crippen molar-refractivity contribution >= 4 is 0 Å².